The fourth-order valence-electron chi connectivity index (χ4n) is 3.89. The van der Waals surface area contributed by atoms with E-state index in [1.165, 1.54) is 12.1 Å². The summed E-state index contributed by atoms with van der Waals surface area (Å²) in [5, 5.41) is 2.84. The molecule has 1 aliphatic carbocycles. The molecular formula is C21H22F2N2O3S. The van der Waals surface area contributed by atoms with Crippen molar-refractivity contribution in [2.75, 3.05) is 5.32 Å². The minimum Gasteiger partial charge on any atom is -0.377 e. The van der Waals surface area contributed by atoms with Gasteiger partial charge in [0, 0.05) is 17.3 Å². The van der Waals surface area contributed by atoms with E-state index < -0.39 is 38.2 Å². The predicted molar refractivity (Wildman–Crippen MR) is 106 cm³/mol. The van der Waals surface area contributed by atoms with Crippen molar-refractivity contribution in [2.24, 2.45) is 5.41 Å². The minimum atomic E-state index is -3.62. The van der Waals surface area contributed by atoms with Crippen molar-refractivity contribution in [1.29, 1.82) is 0 Å². The van der Waals surface area contributed by atoms with Crippen LogP contribution in [0.15, 0.2) is 36.4 Å². The summed E-state index contributed by atoms with van der Waals surface area (Å²) < 4.78 is 53.6. The first-order valence-corrected chi connectivity index (χ1v) is 11.0. The van der Waals surface area contributed by atoms with Crippen LogP contribution in [0.1, 0.15) is 54.2 Å². The van der Waals surface area contributed by atoms with Gasteiger partial charge in [-0.1, -0.05) is 13.8 Å². The van der Waals surface area contributed by atoms with Gasteiger partial charge in [0.2, 0.25) is 10.0 Å². The van der Waals surface area contributed by atoms with E-state index in [4.69, 9.17) is 0 Å². The van der Waals surface area contributed by atoms with Crippen molar-refractivity contribution < 1.29 is 22.0 Å². The lowest BCUT2D eigenvalue weighted by molar-refractivity contribution is 0.0981. The number of hydrogen-bond acceptors (Lipinski definition) is 4. The Kier molecular flexibility index (Phi) is 4.64. The molecule has 0 aromatic heterocycles. The Balaban J connectivity index is 1.61. The number of sulfonamides is 1. The fraction of sp³-hybridized carbons (Fsp3) is 0.381. The summed E-state index contributed by atoms with van der Waals surface area (Å²) in [5.74, 6) is -1.91. The molecule has 1 amide bonds. The maximum absolute atomic E-state index is 13.7. The first-order chi connectivity index (χ1) is 13.5. The van der Waals surface area contributed by atoms with Crippen LogP contribution < -0.4 is 10.0 Å². The molecule has 154 valence electrons. The van der Waals surface area contributed by atoms with Crippen molar-refractivity contribution in [2.45, 2.75) is 44.4 Å². The van der Waals surface area contributed by atoms with Crippen molar-refractivity contribution in [3.63, 3.8) is 0 Å². The zero-order valence-corrected chi connectivity index (χ0v) is 16.9. The predicted octanol–water partition coefficient (Wildman–Crippen LogP) is 3.92. The molecule has 1 atom stereocenters. The molecule has 1 unspecified atom stereocenters. The van der Waals surface area contributed by atoms with Gasteiger partial charge in [-0.25, -0.2) is 21.9 Å². The van der Waals surface area contributed by atoms with Crippen LogP contribution in [0.25, 0.3) is 0 Å². The third-order valence-corrected chi connectivity index (χ3v) is 7.33. The SMILES string of the molecule is CC1(C)Cc2cc(C(=O)NS(=O)(=O)C3CC3)ccc2NC1c1cc(F)cc(F)c1. The normalized spacial score (nSPS) is 20.5. The van der Waals surface area contributed by atoms with Gasteiger partial charge in [-0.3, -0.25) is 4.79 Å². The monoisotopic (exact) mass is 420 g/mol. The fourth-order valence-corrected chi connectivity index (χ4v) is 5.19. The van der Waals surface area contributed by atoms with E-state index in [1.54, 1.807) is 18.2 Å². The number of rotatable bonds is 4. The van der Waals surface area contributed by atoms with Crippen LogP contribution in [0.5, 0.6) is 0 Å². The van der Waals surface area contributed by atoms with Crippen LogP contribution in [-0.4, -0.2) is 19.6 Å². The molecule has 0 bridgehead atoms. The second-order valence-electron chi connectivity index (χ2n) is 8.49. The molecule has 1 heterocycles. The average Bonchev–Trinajstić information content (AvgIpc) is 3.44. The van der Waals surface area contributed by atoms with Crippen LogP contribution >= 0.6 is 0 Å². The average molecular weight is 420 g/mol. The van der Waals surface area contributed by atoms with Crippen LogP contribution in [0, 0.1) is 17.0 Å². The van der Waals surface area contributed by atoms with Crippen molar-refractivity contribution >= 4 is 21.6 Å². The highest BCUT2D eigenvalue weighted by atomic mass is 32.2. The molecule has 2 aromatic rings. The van der Waals surface area contributed by atoms with Gasteiger partial charge in [-0.05, 0) is 66.1 Å². The summed E-state index contributed by atoms with van der Waals surface area (Å²) in [6.07, 6.45) is 1.70. The maximum Gasteiger partial charge on any atom is 0.264 e. The molecular weight excluding hydrogens is 398 g/mol. The van der Waals surface area contributed by atoms with Gasteiger partial charge in [0.1, 0.15) is 11.6 Å². The first-order valence-electron chi connectivity index (χ1n) is 9.46. The topological polar surface area (TPSA) is 75.3 Å². The Bertz CT molecular complexity index is 1070. The maximum atomic E-state index is 13.7. The van der Waals surface area contributed by atoms with Crippen molar-refractivity contribution in [3.05, 3.63) is 64.7 Å². The molecule has 0 radical (unpaired) electrons. The van der Waals surface area contributed by atoms with E-state index in [-0.39, 0.29) is 11.6 Å². The second kappa shape index (κ2) is 6.79. The molecule has 2 aromatic carbocycles. The molecule has 4 rings (SSSR count). The molecule has 8 heteroatoms. The Labute approximate surface area is 168 Å². The van der Waals surface area contributed by atoms with Gasteiger partial charge in [0.05, 0.1) is 11.3 Å². The van der Waals surface area contributed by atoms with E-state index in [0.717, 1.165) is 17.3 Å². The van der Waals surface area contributed by atoms with Gasteiger partial charge in [0.15, 0.2) is 0 Å². The molecule has 1 fully saturated rings. The minimum absolute atomic E-state index is 0.265. The van der Waals surface area contributed by atoms with Gasteiger partial charge < -0.3 is 5.32 Å². The summed E-state index contributed by atoms with van der Waals surface area (Å²) in [6.45, 7) is 3.95. The zero-order valence-electron chi connectivity index (χ0n) is 16.1. The summed E-state index contributed by atoms with van der Waals surface area (Å²) in [5.41, 5.74) is 1.97. The van der Waals surface area contributed by atoms with Gasteiger partial charge in [-0.2, -0.15) is 0 Å². The van der Waals surface area contributed by atoms with Crippen molar-refractivity contribution in [1.82, 2.24) is 4.72 Å². The summed E-state index contributed by atoms with van der Waals surface area (Å²) in [7, 11) is -3.62. The summed E-state index contributed by atoms with van der Waals surface area (Å²) in [6, 6.07) is 8.07. The second-order valence-corrected chi connectivity index (χ2v) is 10.5. The molecule has 0 saturated heterocycles. The number of hydrogen-bond donors (Lipinski definition) is 2. The number of benzene rings is 2. The highest BCUT2D eigenvalue weighted by molar-refractivity contribution is 7.91. The third kappa shape index (κ3) is 3.99. The number of anilines is 1. The Morgan fingerprint density at radius 1 is 1.10 bits per heavy atom. The molecule has 1 aliphatic heterocycles. The van der Waals surface area contributed by atoms with E-state index in [2.05, 4.69) is 10.0 Å². The first kappa shape index (κ1) is 19.8. The quantitative estimate of drug-likeness (QED) is 0.786. The van der Waals surface area contributed by atoms with Crippen molar-refractivity contribution in [3.8, 4) is 0 Å². The zero-order chi connectivity index (χ0) is 21.0. The molecule has 0 spiro atoms. The Morgan fingerprint density at radius 3 is 2.38 bits per heavy atom. The van der Waals surface area contributed by atoms with E-state index in [0.29, 0.717) is 24.8 Å². The lowest BCUT2D eigenvalue weighted by Gasteiger charge is -2.41. The standard InChI is InChI=1S/C21H22F2N2O3S/c1-21(2)11-14-7-12(20(26)25-29(27,28)17-4-5-17)3-6-18(14)24-19(21)13-8-15(22)10-16(23)9-13/h3,6-10,17,19,24H,4-5,11H2,1-2H3,(H,25,26). The van der Waals surface area contributed by atoms with E-state index >= 15 is 0 Å². The molecule has 1 saturated carbocycles. The van der Waals surface area contributed by atoms with Crippen LogP contribution in [0.3, 0.4) is 0 Å². The Hall–Kier alpha value is -2.48. The van der Waals surface area contributed by atoms with E-state index in [1.807, 2.05) is 13.8 Å². The lowest BCUT2D eigenvalue weighted by Crippen LogP contribution is -2.36. The lowest BCUT2D eigenvalue weighted by atomic mass is 9.72. The molecule has 5 nitrogen and oxygen atoms in total. The van der Waals surface area contributed by atoms with Gasteiger partial charge >= 0.3 is 0 Å². The number of fused-ring (bicyclic) bond motifs is 1. The summed E-state index contributed by atoms with van der Waals surface area (Å²) >= 11 is 0. The highest BCUT2D eigenvalue weighted by Gasteiger charge is 2.38. The number of amides is 1. The Morgan fingerprint density at radius 2 is 1.76 bits per heavy atom. The number of carbonyl (C=O) groups is 1. The van der Waals surface area contributed by atoms with Crippen LogP contribution in [0.2, 0.25) is 0 Å². The molecule has 29 heavy (non-hydrogen) atoms. The number of carbonyl (C=O) groups excluding carboxylic acids is 1. The molecule has 2 aliphatic rings. The highest BCUT2D eigenvalue weighted by Crippen LogP contribution is 2.45. The summed E-state index contributed by atoms with van der Waals surface area (Å²) in [4.78, 5) is 12.4. The molecule has 2 N–H and O–H groups in total. The van der Waals surface area contributed by atoms with Gasteiger partial charge in [0.25, 0.3) is 5.91 Å². The smallest absolute Gasteiger partial charge is 0.264 e. The van der Waals surface area contributed by atoms with Crippen LogP contribution in [-0.2, 0) is 16.4 Å². The third-order valence-electron chi connectivity index (χ3n) is 5.51. The number of halogens is 2. The number of nitrogens with one attached hydrogen (secondary N) is 2. The van der Waals surface area contributed by atoms with E-state index in [9.17, 15) is 22.0 Å². The van der Waals surface area contributed by atoms with Gasteiger partial charge in [-0.15, -0.1) is 0 Å². The van der Waals surface area contributed by atoms with Crippen LogP contribution in [0.4, 0.5) is 14.5 Å². The largest absolute Gasteiger partial charge is 0.377 e.